The smallest absolute Gasteiger partial charge is 0.118 e. The lowest BCUT2D eigenvalue weighted by molar-refractivity contribution is 0.371. The molecule has 1 nitrogen and oxygen atoms in total. The predicted molar refractivity (Wildman–Crippen MR) is 61.1 cm³/mol. The fourth-order valence-electron chi connectivity index (χ4n) is 1.36. The molecule has 0 heterocycles. The van der Waals surface area contributed by atoms with E-state index >= 15 is 0 Å². The van der Waals surface area contributed by atoms with Crippen LogP contribution in [-0.4, -0.2) is 7.11 Å². The minimum absolute atomic E-state index is 0.729. The second-order valence-corrected chi connectivity index (χ2v) is 3.43. The van der Waals surface area contributed by atoms with E-state index < -0.39 is 0 Å². The summed E-state index contributed by atoms with van der Waals surface area (Å²) in [7, 11) is 1.65. The third-order valence-electron chi connectivity index (χ3n) is 2.34. The summed E-state index contributed by atoms with van der Waals surface area (Å²) in [4.78, 5) is 0. The highest BCUT2D eigenvalue weighted by Crippen LogP contribution is 2.14. The summed E-state index contributed by atoms with van der Waals surface area (Å²) in [5, 5.41) is 0. The number of methoxy groups -OCH3 is 1. The summed E-state index contributed by atoms with van der Waals surface area (Å²) >= 11 is 0. The summed E-state index contributed by atoms with van der Waals surface area (Å²) in [6.45, 7) is 6.02. The molecule has 0 aromatic heterocycles. The number of hydrogen-bond acceptors (Lipinski definition) is 1. The van der Waals surface area contributed by atoms with Crippen LogP contribution in [0.15, 0.2) is 30.8 Å². The van der Waals surface area contributed by atoms with Gasteiger partial charge in [0.1, 0.15) is 5.76 Å². The third-order valence-corrected chi connectivity index (χ3v) is 2.34. The summed E-state index contributed by atoms with van der Waals surface area (Å²) in [6, 6.07) is 8.43. The number of rotatable bonds is 5. The molecule has 1 rings (SSSR count). The van der Waals surface area contributed by atoms with Gasteiger partial charge in [0.2, 0.25) is 0 Å². The maximum absolute atomic E-state index is 5.06. The lowest BCUT2D eigenvalue weighted by Crippen LogP contribution is -1.88. The van der Waals surface area contributed by atoms with Crippen LogP contribution in [0.3, 0.4) is 0 Å². The minimum atomic E-state index is 0.729. The van der Waals surface area contributed by atoms with Gasteiger partial charge in [-0.1, -0.05) is 44.2 Å². The Morgan fingerprint density at radius 1 is 1.29 bits per heavy atom. The van der Waals surface area contributed by atoms with Crippen molar-refractivity contribution < 1.29 is 4.74 Å². The normalized spacial score (nSPS) is 9.86. The fraction of sp³-hybridized carbons (Fsp3) is 0.385. The molecule has 0 bridgehead atoms. The van der Waals surface area contributed by atoms with Gasteiger partial charge in [-0.3, -0.25) is 0 Å². The van der Waals surface area contributed by atoms with E-state index in [9.17, 15) is 0 Å². The van der Waals surface area contributed by atoms with Crippen LogP contribution in [-0.2, 0) is 11.2 Å². The van der Waals surface area contributed by atoms with Crippen molar-refractivity contribution in [3.63, 3.8) is 0 Å². The zero-order chi connectivity index (χ0) is 10.4. The monoisotopic (exact) mass is 190 g/mol. The van der Waals surface area contributed by atoms with Crippen molar-refractivity contribution >= 4 is 5.76 Å². The number of benzene rings is 1. The van der Waals surface area contributed by atoms with Gasteiger partial charge in [-0.25, -0.2) is 0 Å². The van der Waals surface area contributed by atoms with E-state index in [-0.39, 0.29) is 0 Å². The van der Waals surface area contributed by atoms with Crippen molar-refractivity contribution in [2.75, 3.05) is 7.11 Å². The van der Waals surface area contributed by atoms with Crippen LogP contribution in [0.5, 0.6) is 0 Å². The Morgan fingerprint density at radius 2 is 1.93 bits per heavy atom. The van der Waals surface area contributed by atoms with Crippen molar-refractivity contribution in [1.82, 2.24) is 0 Å². The molecule has 0 fully saturated rings. The van der Waals surface area contributed by atoms with Crippen molar-refractivity contribution in [3.8, 4) is 0 Å². The molecule has 0 radical (unpaired) electrons. The van der Waals surface area contributed by atoms with E-state index in [0.717, 1.165) is 17.7 Å². The van der Waals surface area contributed by atoms with Crippen LogP contribution in [0.4, 0.5) is 0 Å². The Balaban J connectivity index is 2.63. The van der Waals surface area contributed by atoms with Gasteiger partial charge in [0, 0.05) is 5.56 Å². The van der Waals surface area contributed by atoms with Gasteiger partial charge in [-0.15, -0.1) is 0 Å². The highest BCUT2D eigenvalue weighted by Gasteiger charge is 1.97. The van der Waals surface area contributed by atoms with Gasteiger partial charge < -0.3 is 4.74 Å². The van der Waals surface area contributed by atoms with Crippen LogP contribution in [0.25, 0.3) is 5.76 Å². The molecule has 76 valence electrons. The highest BCUT2D eigenvalue weighted by atomic mass is 16.5. The van der Waals surface area contributed by atoms with Gasteiger partial charge >= 0.3 is 0 Å². The van der Waals surface area contributed by atoms with Crippen molar-refractivity contribution in [3.05, 3.63) is 42.0 Å². The molecule has 0 saturated carbocycles. The summed E-state index contributed by atoms with van der Waals surface area (Å²) < 4.78 is 5.06. The molecule has 0 N–H and O–H groups in total. The summed E-state index contributed by atoms with van der Waals surface area (Å²) in [5.74, 6) is 0.729. The van der Waals surface area contributed by atoms with Crippen LogP contribution in [0.1, 0.15) is 30.9 Å². The van der Waals surface area contributed by atoms with Crippen LogP contribution < -0.4 is 0 Å². The second kappa shape index (κ2) is 5.48. The van der Waals surface area contributed by atoms with Gasteiger partial charge in [-0.05, 0) is 18.4 Å². The second-order valence-electron chi connectivity index (χ2n) is 3.43. The van der Waals surface area contributed by atoms with E-state index in [0.29, 0.717) is 0 Å². The SMILES string of the molecule is C=C(OC)c1ccc(CCCC)cc1. The van der Waals surface area contributed by atoms with Gasteiger partial charge in [0.05, 0.1) is 7.11 Å². The minimum Gasteiger partial charge on any atom is -0.497 e. The van der Waals surface area contributed by atoms with E-state index in [2.05, 4.69) is 37.8 Å². The summed E-state index contributed by atoms with van der Waals surface area (Å²) in [6.07, 6.45) is 3.66. The van der Waals surface area contributed by atoms with Crippen LogP contribution in [0.2, 0.25) is 0 Å². The average Bonchev–Trinajstić information content (AvgIpc) is 2.26. The molecular formula is C13H18O. The maximum Gasteiger partial charge on any atom is 0.118 e. The van der Waals surface area contributed by atoms with Crippen molar-refractivity contribution in [2.24, 2.45) is 0 Å². The molecule has 1 aromatic carbocycles. The summed E-state index contributed by atoms with van der Waals surface area (Å²) in [5.41, 5.74) is 2.45. The lowest BCUT2D eigenvalue weighted by atomic mass is 10.1. The number of unbranched alkanes of at least 4 members (excludes halogenated alkanes) is 1. The standard InChI is InChI=1S/C13H18O/c1-4-5-6-12-7-9-13(10-8-12)11(2)14-3/h7-10H,2,4-6H2,1,3H3. The molecule has 1 heteroatoms. The van der Waals surface area contributed by atoms with Crippen molar-refractivity contribution in [1.29, 1.82) is 0 Å². The molecule has 0 aliphatic rings. The average molecular weight is 190 g/mol. The lowest BCUT2D eigenvalue weighted by Gasteiger charge is -2.05. The third kappa shape index (κ3) is 2.91. The van der Waals surface area contributed by atoms with Crippen LogP contribution >= 0.6 is 0 Å². The number of hydrogen-bond donors (Lipinski definition) is 0. The molecular weight excluding hydrogens is 172 g/mol. The molecule has 0 amide bonds. The zero-order valence-corrected chi connectivity index (χ0v) is 9.05. The molecule has 0 unspecified atom stereocenters. The maximum atomic E-state index is 5.06. The fourth-order valence-corrected chi connectivity index (χ4v) is 1.36. The largest absolute Gasteiger partial charge is 0.497 e. The Labute approximate surface area is 86.4 Å². The number of ether oxygens (including phenoxy) is 1. The first-order chi connectivity index (χ1) is 6.77. The molecule has 0 saturated heterocycles. The molecule has 0 aliphatic heterocycles. The Morgan fingerprint density at radius 3 is 2.43 bits per heavy atom. The molecule has 0 aliphatic carbocycles. The molecule has 1 aromatic rings. The number of aryl methyl sites for hydroxylation is 1. The highest BCUT2D eigenvalue weighted by molar-refractivity contribution is 5.57. The van der Waals surface area contributed by atoms with Gasteiger partial charge in [0.25, 0.3) is 0 Å². The van der Waals surface area contributed by atoms with E-state index in [1.54, 1.807) is 7.11 Å². The first-order valence-corrected chi connectivity index (χ1v) is 5.10. The Bertz CT molecular complexity index is 285. The van der Waals surface area contributed by atoms with E-state index in [1.165, 1.54) is 18.4 Å². The topological polar surface area (TPSA) is 9.23 Å². The van der Waals surface area contributed by atoms with Crippen LogP contribution in [0, 0.1) is 0 Å². The predicted octanol–water partition coefficient (Wildman–Crippen LogP) is 3.65. The van der Waals surface area contributed by atoms with Gasteiger partial charge in [-0.2, -0.15) is 0 Å². The van der Waals surface area contributed by atoms with E-state index in [4.69, 9.17) is 4.74 Å². The zero-order valence-electron chi connectivity index (χ0n) is 9.05. The molecule has 0 spiro atoms. The Hall–Kier alpha value is -1.24. The first kappa shape index (κ1) is 10.8. The Kier molecular flexibility index (Phi) is 4.24. The van der Waals surface area contributed by atoms with Crippen molar-refractivity contribution in [2.45, 2.75) is 26.2 Å². The quantitative estimate of drug-likeness (QED) is 0.644. The first-order valence-electron chi connectivity index (χ1n) is 5.10. The van der Waals surface area contributed by atoms with Gasteiger partial charge in [0.15, 0.2) is 0 Å². The molecule has 0 atom stereocenters. The molecule has 14 heavy (non-hydrogen) atoms. The van der Waals surface area contributed by atoms with E-state index in [1.807, 2.05) is 0 Å².